The first-order valence-corrected chi connectivity index (χ1v) is 9.26. The highest BCUT2D eigenvalue weighted by Crippen LogP contribution is 2.42. The Morgan fingerprint density at radius 1 is 1.04 bits per heavy atom. The molecule has 1 aliphatic rings. The van der Waals surface area contributed by atoms with Crippen molar-refractivity contribution in [3.63, 3.8) is 0 Å². The number of esters is 2. The molecule has 1 aliphatic carbocycles. The van der Waals surface area contributed by atoms with Gasteiger partial charge in [-0.2, -0.15) is 0 Å². The van der Waals surface area contributed by atoms with E-state index in [1.165, 1.54) is 19.3 Å². The minimum atomic E-state index is -0.724. The van der Waals surface area contributed by atoms with Crippen molar-refractivity contribution in [2.24, 2.45) is 17.3 Å². The maximum atomic E-state index is 12.8. The predicted molar refractivity (Wildman–Crippen MR) is 91.0 cm³/mol. The zero-order chi connectivity index (χ0) is 17.3. The van der Waals surface area contributed by atoms with Crippen molar-refractivity contribution in [1.82, 2.24) is 0 Å². The lowest BCUT2D eigenvalue weighted by Gasteiger charge is -2.36. The fraction of sp³-hybridized carbons (Fsp3) is 0.895. The molecule has 1 rings (SSSR count). The van der Waals surface area contributed by atoms with Crippen LogP contribution in [0.15, 0.2) is 0 Å². The summed E-state index contributed by atoms with van der Waals surface area (Å²) in [5.74, 6) is 0.350. The van der Waals surface area contributed by atoms with Gasteiger partial charge in [0.2, 0.25) is 0 Å². The molecule has 0 aliphatic heterocycles. The van der Waals surface area contributed by atoms with Crippen LogP contribution in [0.5, 0.6) is 0 Å². The largest absolute Gasteiger partial charge is 0.466 e. The number of hydrogen-bond donors (Lipinski definition) is 0. The van der Waals surface area contributed by atoms with Gasteiger partial charge in [0.25, 0.3) is 0 Å². The van der Waals surface area contributed by atoms with Gasteiger partial charge >= 0.3 is 11.9 Å². The summed E-state index contributed by atoms with van der Waals surface area (Å²) in [5, 5.41) is 0. The van der Waals surface area contributed by atoms with Crippen molar-refractivity contribution in [1.29, 1.82) is 0 Å². The van der Waals surface area contributed by atoms with E-state index in [0.29, 0.717) is 31.5 Å². The van der Waals surface area contributed by atoms with Gasteiger partial charge in [0.1, 0.15) is 0 Å². The highest BCUT2D eigenvalue weighted by Gasteiger charge is 2.44. The van der Waals surface area contributed by atoms with Gasteiger partial charge in [0.15, 0.2) is 0 Å². The Balaban J connectivity index is 2.98. The van der Waals surface area contributed by atoms with Crippen LogP contribution in [-0.2, 0) is 19.1 Å². The van der Waals surface area contributed by atoms with Gasteiger partial charge in [-0.25, -0.2) is 0 Å². The first-order chi connectivity index (χ1) is 10.9. The first kappa shape index (κ1) is 20.0. The quantitative estimate of drug-likeness (QED) is 0.585. The minimum absolute atomic E-state index is 0.147. The third kappa shape index (κ3) is 6.52. The number of ether oxygens (including phenoxy) is 2. The lowest BCUT2D eigenvalue weighted by atomic mass is 9.68. The van der Waals surface area contributed by atoms with E-state index in [0.717, 1.165) is 19.3 Å². The molecule has 23 heavy (non-hydrogen) atoms. The number of carbonyl (C=O) groups is 2. The summed E-state index contributed by atoms with van der Waals surface area (Å²) < 4.78 is 10.5. The topological polar surface area (TPSA) is 52.6 Å². The number of hydrogen-bond acceptors (Lipinski definition) is 4. The Kier molecular flexibility index (Phi) is 8.64. The second kappa shape index (κ2) is 9.94. The van der Waals surface area contributed by atoms with Gasteiger partial charge in [-0.3, -0.25) is 9.59 Å². The molecule has 4 nitrogen and oxygen atoms in total. The first-order valence-electron chi connectivity index (χ1n) is 9.26. The van der Waals surface area contributed by atoms with E-state index in [1.54, 1.807) is 6.92 Å². The summed E-state index contributed by atoms with van der Waals surface area (Å²) in [6.07, 6.45) is 7.63. The van der Waals surface area contributed by atoms with E-state index < -0.39 is 5.41 Å². The molecule has 1 atom stereocenters. The van der Waals surface area contributed by atoms with Crippen molar-refractivity contribution >= 4 is 11.9 Å². The van der Waals surface area contributed by atoms with Crippen molar-refractivity contribution in [3.05, 3.63) is 0 Å². The Labute approximate surface area is 141 Å². The molecule has 1 unspecified atom stereocenters. The van der Waals surface area contributed by atoms with E-state index in [4.69, 9.17) is 9.47 Å². The lowest BCUT2D eigenvalue weighted by molar-refractivity contribution is -0.165. The van der Waals surface area contributed by atoms with Crippen LogP contribution in [0, 0.1) is 17.3 Å². The third-order valence-electron chi connectivity index (χ3n) is 4.70. The van der Waals surface area contributed by atoms with Crippen LogP contribution >= 0.6 is 0 Å². The van der Waals surface area contributed by atoms with Gasteiger partial charge in [-0.05, 0) is 38.5 Å². The average molecular weight is 326 g/mol. The molecule has 0 spiro atoms. The molecule has 0 saturated heterocycles. The van der Waals surface area contributed by atoms with Gasteiger partial charge in [-0.15, -0.1) is 0 Å². The Morgan fingerprint density at radius 3 is 2.17 bits per heavy atom. The van der Waals surface area contributed by atoms with Crippen LogP contribution in [0.1, 0.15) is 79.1 Å². The maximum Gasteiger partial charge on any atom is 0.312 e. The van der Waals surface area contributed by atoms with E-state index in [9.17, 15) is 9.59 Å². The molecule has 0 bridgehead atoms. The molecular formula is C19H34O4. The molecule has 134 valence electrons. The average Bonchev–Trinajstić information content (AvgIpc) is 2.47. The Hall–Kier alpha value is -1.06. The molecule has 0 aromatic heterocycles. The smallest absolute Gasteiger partial charge is 0.312 e. The Bertz CT molecular complexity index is 372. The van der Waals surface area contributed by atoms with Crippen LogP contribution < -0.4 is 0 Å². The summed E-state index contributed by atoms with van der Waals surface area (Å²) in [5.41, 5.74) is -0.724. The summed E-state index contributed by atoms with van der Waals surface area (Å²) in [7, 11) is 0. The molecule has 0 radical (unpaired) electrons. The van der Waals surface area contributed by atoms with Crippen LogP contribution in [0.2, 0.25) is 0 Å². The SMILES string of the molecule is CCOC(=O)CC(CC(C)C)(CC1CCCCC1)C(=O)OCC. The molecule has 0 heterocycles. The van der Waals surface area contributed by atoms with Crippen LogP contribution in [0.25, 0.3) is 0 Å². The summed E-state index contributed by atoms with van der Waals surface area (Å²) in [6.45, 7) is 8.52. The number of rotatable bonds is 9. The summed E-state index contributed by atoms with van der Waals surface area (Å²) >= 11 is 0. The molecule has 1 fully saturated rings. The van der Waals surface area contributed by atoms with Gasteiger partial charge < -0.3 is 9.47 Å². The molecule has 0 N–H and O–H groups in total. The second-order valence-corrected chi connectivity index (χ2v) is 7.29. The van der Waals surface area contributed by atoms with Crippen molar-refractivity contribution < 1.29 is 19.1 Å². The zero-order valence-electron chi connectivity index (χ0n) is 15.4. The minimum Gasteiger partial charge on any atom is -0.466 e. The monoisotopic (exact) mass is 326 g/mol. The second-order valence-electron chi connectivity index (χ2n) is 7.29. The summed E-state index contributed by atoms with van der Waals surface area (Å²) in [6, 6.07) is 0. The highest BCUT2D eigenvalue weighted by atomic mass is 16.5. The van der Waals surface area contributed by atoms with E-state index in [-0.39, 0.29) is 18.4 Å². The maximum absolute atomic E-state index is 12.8. The number of carbonyl (C=O) groups excluding carboxylic acids is 2. The standard InChI is InChI=1S/C19H34O4/c1-5-22-17(20)14-19(12-15(3)4,18(21)23-6-2)13-16-10-8-7-9-11-16/h15-16H,5-14H2,1-4H3. The van der Waals surface area contributed by atoms with E-state index in [1.807, 2.05) is 6.92 Å². The van der Waals surface area contributed by atoms with E-state index in [2.05, 4.69) is 13.8 Å². The lowest BCUT2D eigenvalue weighted by Crippen LogP contribution is -2.39. The van der Waals surface area contributed by atoms with Gasteiger partial charge in [0, 0.05) is 0 Å². The van der Waals surface area contributed by atoms with Crippen molar-refractivity contribution in [2.45, 2.75) is 79.1 Å². The third-order valence-corrected chi connectivity index (χ3v) is 4.70. The predicted octanol–water partition coefficient (Wildman–Crippen LogP) is 4.51. The zero-order valence-corrected chi connectivity index (χ0v) is 15.4. The molecule has 1 saturated carbocycles. The normalized spacial score (nSPS) is 18.5. The van der Waals surface area contributed by atoms with Crippen LogP contribution in [0.4, 0.5) is 0 Å². The molecular weight excluding hydrogens is 292 g/mol. The van der Waals surface area contributed by atoms with Crippen LogP contribution in [-0.4, -0.2) is 25.2 Å². The molecule has 4 heteroatoms. The van der Waals surface area contributed by atoms with Crippen molar-refractivity contribution in [2.75, 3.05) is 13.2 Å². The molecule has 0 aromatic carbocycles. The van der Waals surface area contributed by atoms with Crippen molar-refractivity contribution in [3.8, 4) is 0 Å². The summed E-state index contributed by atoms with van der Waals surface area (Å²) in [4.78, 5) is 24.9. The van der Waals surface area contributed by atoms with E-state index >= 15 is 0 Å². The highest BCUT2D eigenvalue weighted by molar-refractivity contribution is 5.83. The fourth-order valence-corrected chi connectivity index (χ4v) is 3.96. The fourth-order valence-electron chi connectivity index (χ4n) is 3.96. The molecule has 0 aromatic rings. The molecule has 0 amide bonds. The Morgan fingerprint density at radius 2 is 1.65 bits per heavy atom. The van der Waals surface area contributed by atoms with Gasteiger partial charge in [-0.1, -0.05) is 46.0 Å². The van der Waals surface area contributed by atoms with Gasteiger partial charge in [0.05, 0.1) is 25.0 Å². The van der Waals surface area contributed by atoms with Crippen LogP contribution in [0.3, 0.4) is 0 Å².